The number of amides is 2. The lowest BCUT2D eigenvalue weighted by Gasteiger charge is -2.19. The number of aryl methyl sites for hydroxylation is 1. The van der Waals surface area contributed by atoms with Crippen LogP contribution in [-0.4, -0.2) is 30.7 Å². The maximum Gasteiger partial charge on any atom is 0.279 e. The fourth-order valence-corrected chi connectivity index (χ4v) is 3.68. The molecule has 0 unspecified atom stereocenters. The number of nitrogens with zero attached hydrogens (tertiary/aromatic N) is 2. The fraction of sp³-hybridized carbons (Fsp3) is 0.211. The molecule has 1 saturated heterocycles. The van der Waals surface area contributed by atoms with Crippen LogP contribution in [0.1, 0.15) is 11.1 Å². The summed E-state index contributed by atoms with van der Waals surface area (Å²) in [5.74, 6) is -1.32. The summed E-state index contributed by atoms with van der Waals surface area (Å²) < 4.78 is 6.23. The molecule has 0 aliphatic carbocycles. The van der Waals surface area contributed by atoms with Gasteiger partial charge in [0.25, 0.3) is 5.91 Å². The highest BCUT2D eigenvalue weighted by molar-refractivity contribution is 9.10. The molecule has 2 amide bonds. The molecular weight excluding hydrogens is 436 g/mol. The second-order valence-electron chi connectivity index (χ2n) is 6.27. The number of hydrogen-bond acceptors (Lipinski definition) is 5. The quantitative estimate of drug-likeness (QED) is 0.670. The van der Waals surface area contributed by atoms with Gasteiger partial charge < -0.3 is 9.57 Å². The van der Waals surface area contributed by atoms with Crippen LogP contribution in [0.3, 0.4) is 0 Å². The number of carbonyl (C=O) groups excluding carboxylic acids is 2. The van der Waals surface area contributed by atoms with E-state index in [9.17, 15) is 9.59 Å². The van der Waals surface area contributed by atoms with E-state index in [2.05, 4.69) is 21.1 Å². The largest absolute Gasteiger partial charge is 0.495 e. The van der Waals surface area contributed by atoms with Crippen LogP contribution in [0.15, 0.2) is 46.0 Å². The molecule has 1 fully saturated rings. The Hall–Kier alpha value is -2.38. The van der Waals surface area contributed by atoms with Gasteiger partial charge in [-0.2, -0.15) is 0 Å². The van der Waals surface area contributed by atoms with E-state index < -0.39 is 23.8 Å². The van der Waals surface area contributed by atoms with Crippen molar-refractivity contribution < 1.29 is 19.2 Å². The third-order valence-electron chi connectivity index (χ3n) is 4.65. The van der Waals surface area contributed by atoms with Crippen LogP contribution >= 0.6 is 27.5 Å². The van der Waals surface area contributed by atoms with Gasteiger partial charge >= 0.3 is 0 Å². The maximum absolute atomic E-state index is 13.2. The SMILES string of the molecule is COc1cc(Cl)c(C)cc1N1C(=O)[C@H]2C(c3ccc(Br)cc3)=NO[C@@H]2C1=O. The van der Waals surface area contributed by atoms with E-state index in [4.69, 9.17) is 21.2 Å². The molecule has 0 N–H and O–H groups in total. The zero-order chi connectivity index (χ0) is 19.3. The Balaban J connectivity index is 1.75. The molecule has 0 bridgehead atoms. The van der Waals surface area contributed by atoms with Crippen LogP contribution in [0.25, 0.3) is 0 Å². The molecule has 2 aromatic carbocycles. The number of fused-ring (bicyclic) bond motifs is 1. The van der Waals surface area contributed by atoms with Gasteiger partial charge in [-0.25, -0.2) is 4.90 Å². The van der Waals surface area contributed by atoms with Crippen molar-refractivity contribution in [3.8, 4) is 5.75 Å². The molecule has 0 spiro atoms. The summed E-state index contributed by atoms with van der Waals surface area (Å²) >= 11 is 9.52. The molecule has 27 heavy (non-hydrogen) atoms. The number of imide groups is 1. The van der Waals surface area contributed by atoms with Crippen LogP contribution in [-0.2, 0) is 14.4 Å². The third-order valence-corrected chi connectivity index (χ3v) is 5.59. The molecule has 2 aliphatic heterocycles. The summed E-state index contributed by atoms with van der Waals surface area (Å²) in [6, 6.07) is 10.6. The summed E-state index contributed by atoms with van der Waals surface area (Å²) in [5, 5.41) is 4.49. The second kappa shape index (κ2) is 6.65. The van der Waals surface area contributed by atoms with Crippen molar-refractivity contribution in [2.75, 3.05) is 12.0 Å². The number of rotatable bonds is 3. The standard InChI is InChI=1S/C19H14BrClN2O4/c1-9-7-13(14(26-2)8-12(9)21)23-18(24)15-16(22-27-17(15)19(23)25)10-3-5-11(20)6-4-10/h3-8,15,17H,1-2H3/t15-,17-/m0/s1. The normalized spacial score (nSPS) is 21.2. The smallest absolute Gasteiger partial charge is 0.279 e. The highest BCUT2D eigenvalue weighted by atomic mass is 79.9. The molecule has 8 heteroatoms. The van der Waals surface area contributed by atoms with Crippen LogP contribution in [0.4, 0.5) is 5.69 Å². The Morgan fingerprint density at radius 1 is 1.19 bits per heavy atom. The third kappa shape index (κ3) is 2.82. The lowest BCUT2D eigenvalue weighted by atomic mass is 9.94. The summed E-state index contributed by atoms with van der Waals surface area (Å²) in [7, 11) is 1.46. The minimum atomic E-state index is -0.975. The van der Waals surface area contributed by atoms with Gasteiger partial charge in [0, 0.05) is 21.1 Å². The van der Waals surface area contributed by atoms with Crippen LogP contribution in [0.2, 0.25) is 5.02 Å². The van der Waals surface area contributed by atoms with Crippen molar-refractivity contribution in [3.63, 3.8) is 0 Å². The van der Waals surface area contributed by atoms with Crippen molar-refractivity contribution in [1.82, 2.24) is 0 Å². The van der Waals surface area contributed by atoms with Gasteiger partial charge in [0.2, 0.25) is 12.0 Å². The van der Waals surface area contributed by atoms with Gasteiger partial charge in [-0.1, -0.05) is 44.8 Å². The number of oxime groups is 1. The molecule has 2 atom stereocenters. The Morgan fingerprint density at radius 2 is 1.89 bits per heavy atom. The van der Waals surface area contributed by atoms with Crippen molar-refractivity contribution in [3.05, 3.63) is 57.0 Å². The first kappa shape index (κ1) is 18.0. The van der Waals surface area contributed by atoms with Crippen LogP contribution in [0.5, 0.6) is 5.75 Å². The molecule has 0 saturated carbocycles. The number of ether oxygens (including phenoxy) is 1. The van der Waals surface area contributed by atoms with Crippen molar-refractivity contribution in [1.29, 1.82) is 0 Å². The van der Waals surface area contributed by atoms with Gasteiger partial charge in [0.1, 0.15) is 17.4 Å². The zero-order valence-electron chi connectivity index (χ0n) is 14.4. The predicted octanol–water partition coefficient (Wildman–Crippen LogP) is 3.71. The van der Waals surface area contributed by atoms with Gasteiger partial charge in [-0.3, -0.25) is 9.59 Å². The monoisotopic (exact) mass is 448 g/mol. The van der Waals surface area contributed by atoms with E-state index in [1.807, 2.05) is 24.3 Å². The molecule has 0 aromatic heterocycles. The number of hydrogen-bond donors (Lipinski definition) is 0. The lowest BCUT2D eigenvalue weighted by Crippen LogP contribution is -2.33. The first-order chi connectivity index (χ1) is 12.9. The molecule has 2 heterocycles. The Kier molecular flexibility index (Phi) is 4.44. The second-order valence-corrected chi connectivity index (χ2v) is 7.60. The molecule has 0 radical (unpaired) electrons. The van der Waals surface area contributed by atoms with Crippen LogP contribution < -0.4 is 9.64 Å². The van der Waals surface area contributed by atoms with Gasteiger partial charge in [0.15, 0.2) is 0 Å². The number of carbonyl (C=O) groups is 2. The van der Waals surface area contributed by atoms with E-state index in [1.54, 1.807) is 19.1 Å². The van der Waals surface area contributed by atoms with E-state index >= 15 is 0 Å². The minimum absolute atomic E-state index is 0.342. The first-order valence-electron chi connectivity index (χ1n) is 8.14. The van der Waals surface area contributed by atoms with E-state index in [0.29, 0.717) is 22.2 Å². The van der Waals surface area contributed by atoms with E-state index in [-0.39, 0.29) is 0 Å². The molecule has 4 rings (SSSR count). The Morgan fingerprint density at radius 3 is 2.56 bits per heavy atom. The number of anilines is 1. The molecule has 6 nitrogen and oxygen atoms in total. The van der Waals surface area contributed by atoms with Crippen molar-refractivity contribution in [2.24, 2.45) is 11.1 Å². The molecule has 138 valence electrons. The zero-order valence-corrected chi connectivity index (χ0v) is 16.7. The molecule has 2 aliphatic rings. The summed E-state index contributed by atoms with van der Waals surface area (Å²) in [5.41, 5.74) is 2.25. The number of benzene rings is 2. The average molecular weight is 450 g/mol. The summed E-state index contributed by atoms with van der Waals surface area (Å²) in [4.78, 5) is 32.5. The van der Waals surface area contributed by atoms with E-state index in [0.717, 1.165) is 20.5 Å². The number of methoxy groups -OCH3 is 1. The predicted molar refractivity (Wildman–Crippen MR) is 104 cm³/mol. The highest BCUT2D eigenvalue weighted by Crippen LogP contribution is 2.40. The Bertz CT molecular complexity index is 990. The van der Waals surface area contributed by atoms with Crippen molar-refractivity contribution >= 4 is 50.7 Å². The van der Waals surface area contributed by atoms with Gasteiger partial charge in [-0.05, 0) is 30.7 Å². The number of halogens is 2. The maximum atomic E-state index is 13.2. The fourth-order valence-electron chi connectivity index (χ4n) is 3.26. The molecule has 2 aromatic rings. The highest BCUT2D eigenvalue weighted by Gasteiger charge is 2.56. The van der Waals surface area contributed by atoms with Gasteiger partial charge in [0.05, 0.1) is 12.8 Å². The average Bonchev–Trinajstić information content (AvgIpc) is 3.19. The summed E-state index contributed by atoms with van der Waals surface area (Å²) in [6.07, 6.45) is -0.975. The summed E-state index contributed by atoms with van der Waals surface area (Å²) in [6.45, 7) is 1.79. The molecular formula is C19H14BrClN2O4. The van der Waals surface area contributed by atoms with E-state index in [1.165, 1.54) is 7.11 Å². The Labute approximate surface area is 168 Å². The van der Waals surface area contributed by atoms with Crippen molar-refractivity contribution in [2.45, 2.75) is 13.0 Å². The lowest BCUT2D eigenvalue weighted by molar-refractivity contribution is -0.126. The minimum Gasteiger partial charge on any atom is -0.495 e. The first-order valence-corrected chi connectivity index (χ1v) is 9.31. The van der Waals surface area contributed by atoms with Crippen LogP contribution in [0, 0.1) is 12.8 Å². The topological polar surface area (TPSA) is 68.2 Å². The van der Waals surface area contributed by atoms with Gasteiger partial charge in [-0.15, -0.1) is 0 Å².